The topological polar surface area (TPSA) is 92.9 Å². The quantitative estimate of drug-likeness (QED) is 0.468. The lowest BCUT2D eigenvalue weighted by molar-refractivity contribution is -0.140. The number of carboxylic acids is 1. The average Bonchev–Trinajstić information content (AvgIpc) is 3.57. The molecular weight excluding hydrogens is 420 g/mol. The van der Waals surface area contributed by atoms with Crippen molar-refractivity contribution in [2.75, 3.05) is 18.1 Å². The number of aliphatic carboxylic acids is 1. The predicted octanol–water partition coefficient (Wildman–Crippen LogP) is 5.81. The van der Waals surface area contributed by atoms with Crippen molar-refractivity contribution < 1.29 is 24.0 Å². The minimum Gasteiger partial charge on any atom is -0.481 e. The van der Waals surface area contributed by atoms with Gasteiger partial charge in [-0.3, -0.25) is 9.69 Å². The highest BCUT2D eigenvalue weighted by Gasteiger charge is 2.51. The number of aryl methyl sites for hydroxylation is 1. The summed E-state index contributed by atoms with van der Waals surface area (Å²) in [6.45, 7) is 6.40. The van der Waals surface area contributed by atoms with Crippen LogP contribution in [0.3, 0.4) is 0 Å². The summed E-state index contributed by atoms with van der Waals surface area (Å²) >= 11 is 0. The highest BCUT2D eigenvalue weighted by Crippen LogP contribution is 2.48. The number of rotatable bonds is 8. The third-order valence-corrected chi connectivity index (χ3v) is 6.16. The molecule has 172 valence electrons. The number of carbonyl (C=O) groups excluding carboxylic acids is 1. The van der Waals surface area contributed by atoms with Crippen molar-refractivity contribution in [1.82, 2.24) is 5.16 Å². The fourth-order valence-electron chi connectivity index (χ4n) is 4.07. The van der Waals surface area contributed by atoms with Crippen molar-refractivity contribution >= 4 is 17.7 Å². The van der Waals surface area contributed by atoms with E-state index in [-0.39, 0.29) is 0 Å². The molecule has 7 nitrogen and oxygen atoms in total. The van der Waals surface area contributed by atoms with Crippen LogP contribution in [0.5, 0.6) is 0 Å². The van der Waals surface area contributed by atoms with Crippen molar-refractivity contribution in [2.45, 2.75) is 45.4 Å². The molecule has 33 heavy (non-hydrogen) atoms. The number of anilines is 1. The Labute approximate surface area is 193 Å². The standard InChI is InChI=1S/C26H28N2O5/c1-4-16-32-25(31)28(5-2)23-17(3)33-27-22(23)20-8-6-18(7-9-20)19-10-12-21(13-11-19)26(14-15-26)24(29)30/h6-13H,4-5,14-16H2,1-3H3,(H,29,30). The lowest BCUT2D eigenvalue weighted by Gasteiger charge is -2.20. The number of hydrogen-bond donors (Lipinski definition) is 1. The Hall–Kier alpha value is -3.61. The Morgan fingerprint density at radius 2 is 1.61 bits per heavy atom. The summed E-state index contributed by atoms with van der Waals surface area (Å²) in [4.78, 5) is 25.6. The first-order valence-electron chi connectivity index (χ1n) is 11.3. The smallest absolute Gasteiger partial charge is 0.414 e. The van der Waals surface area contributed by atoms with Gasteiger partial charge in [0.1, 0.15) is 11.4 Å². The number of benzene rings is 2. The Morgan fingerprint density at radius 1 is 1.03 bits per heavy atom. The Bertz CT molecular complexity index is 1140. The minimum absolute atomic E-state index is 0.357. The van der Waals surface area contributed by atoms with E-state index in [2.05, 4.69) is 5.16 Å². The van der Waals surface area contributed by atoms with Crippen LogP contribution < -0.4 is 4.90 Å². The molecule has 1 fully saturated rings. The normalized spacial score (nSPS) is 14.0. The second-order valence-corrected chi connectivity index (χ2v) is 8.34. The van der Waals surface area contributed by atoms with E-state index in [0.717, 1.165) is 28.7 Å². The molecule has 4 rings (SSSR count). The lowest BCUT2D eigenvalue weighted by Crippen LogP contribution is -2.32. The molecule has 2 aromatic carbocycles. The third-order valence-electron chi connectivity index (χ3n) is 6.16. The molecule has 1 amide bonds. The molecule has 0 spiro atoms. The van der Waals surface area contributed by atoms with Crippen molar-refractivity contribution in [2.24, 2.45) is 0 Å². The first-order chi connectivity index (χ1) is 15.9. The molecule has 1 aliphatic carbocycles. The predicted molar refractivity (Wildman–Crippen MR) is 125 cm³/mol. The van der Waals surface area contributed by atoms with Gasteiger partial charge in [-0.05, 0) is 49.8 Å². The fraction of sp³-hybridized carbons (Fsp3) is 0.346. The van der Waals surface area contributed by atoms with E-state index in [0.29, 0.717) is 43.1 Å². The monoisotopic (exact) mass is 448 g/mol. The average molecular weight is 449 g/mol. The van der Waals surface area contributed by atoms with Crippen LogP contribution in [0.15, 0.2) is 53.1 Å². The second-order valence-electron chi connectivity index (χ2n) is 8.34. The van der Waals surface area contributed by atoms with Gasteiger partial charge in [0, 0.05) is 12.1 Å². The summed E-state index contributed by atoms with van der Waals surface area (Å²) in [5.74, 6) is -0.203. The molecule has 0 atom stereocenters. The van der Waals surface area contributed by atoms with Crippen LogP contribution in [0, 0.1) is 6.92 Å². The zero-order chi connectivity index (χ0) is 23.6. The zero-order valence-corrected chi connectivity index (χ0v) is 19.1. The van der Waals surface area contributed by atoms with E-state index in [1.807, 2.05) is 62.4 Å². The van der Waals surface area contributed by atoms with E-state index in [1.54, 1.807) is 11.8 Å². The van der Waals surface area contributed by atoms with E-state index in [9.17, 15) is 14.7 Å². The minimum atomic E-state index is -0.752. The summed E-state index contributed by atoms with van der Waals surface area (Å²) < 4.78 is 10.7. The van der Waals surface area contributed by atoms with Gasteiger partial charge in [-0.25, -0.2) is 4.79 Å². The number of carbonyl (C=O) groups is 2. The van der Waals surface area contributed by atoms with Gasteiger partial charge in [-0.2, -0.15) is 0 Å². The van der Waals surface area contributed by atoms with E-state index in [4.69, 9.17) is 9.26 Å². The van der Waals surface area contributed by atoms with Gasteiger partial charge in [0.05, 0.1) is 12.0 Å². The summed E-state index contributed by atoms with van der Waals surface area (Å²) in [5, 5.41) is 13.7. The molecule has 3 aromatic rings. The van der Waals surface area contributed by atoms with Crippen LogP contribution >= 0.6 is 0 Å². The number of ether oxygens (including phenoxy) is 1. The molecular formula is C26H28N2O5. The lowest BCUT2D eigenvalue weighted by atomic mass is 9.93. The summed E-state index contributed by atoms with van der Waals surface area (Å²) in [6.07, 6.45) is 1.71. The van der Waals surface area contributed by atoms with Crippen LogP contribution in [0.1, 0.15) is 44.4 Å². The van der Waals surface area contributed by atoms with Gasteiger partial charge in [0.2, 0.25) is 0 Å². The van der Waals surface area contributed by atoms with Gasteiger partial charge in [0.25, 0.3) is 0 Å². The third kappa shape index (κ3) is 4.23. The van der Waals surface area contributed by atoms with Crippen LogP contribution in [-0.2, 0) is 14.9 Å². The molecule has 0 radical (unpaired) electrons. The van der Waals surface area contributed by atoms with E-state index in [1.165, 1.54) is 0 Å². The van der Waals surface area contributed by atoms with Crippen LogP contribution in [-0.4, -0.2) is 35.5 Å². The largest absolute Gasteiger partial charge is 0.481 e. The van der Waals surface area contributed by atoms with Gasteiger partial charge < -0.3 is 14.4 Å². The highest BCUT2D eigenvalue weighted by atomic mass is 16.6. The van der Waals surface area contributed by atoms with Crippen molar-refractivity contribution in [3.8, 4) is 22.4 Å². The van der Waals surface area contributed by atoms with Crippen molar-refractivity contribution in [3.05, 3.63) is 59.9 Å². The molecule has 1 heterocycles. The van der Waals surface area contributed by atoms with Gasteiger partial charge in [-0.1, -0.05) is 60.6 Å². The first-order valence-corrected chi connectivity index (χ1v) is 11.3. The Kier molecular flexibility index (Phi) is 6.22. The number of amides is 1. The van der Waals surface area contributed by atoms with Crippen LogP contribution in [0.4, 0.5) is 10.5 Å². The Balaban J connectivity index is 1.58. The van der Waals surface area contributed by atoms with Gasteiger partial charge in [0.15, 0.2) is 5.76 Å². The molecule has 7 heteroatoms. The van der Waals surface area contributed by atoms with Crippen molar-refractivity contribution in [1.29, 1.82) is 0 Å². The zero-order valence-electron chi connectivity index (χ0n) is 19.1. The number of nitrogens with zero attached hydrogens (tertiary/aromatic N) is 2. The van der Waals surface area contributed by atoms with E-state index < -0.39 is 17.5 Å². The molecule has 0 aliphatic heterocycles. The molecule has 1 aromatic heterocycles. The van der Waals surface area contributed by atoms with Crippen LogP contribution in [0.2, 0.25) is 0 Å². The molecule has 1 N–H and O–H groups in total. The fourth-order valence-corrected chi connectivity index (χ4v) is 4.07. The maximum Gasteiger partial charge on any atom is 0.414 e. The number of aromatic nitrogens is 1. The number of hydrogen-bond acceptors (Lipinski definition) is 5. The molecule has 0 saturated heterocycles. The maximum absolute atomic E-state index is 12.5. The summed E-state index contributed by atoms with van der Waals surface area (Å²) in [5.41, 5.74) is 4.18. The highest BCUT2D eigenvalue weighted by molar-refractivity contribution is 5.93. The van der Waals surface area contributed by atoms with Crippen LogP contribution in [0.25, 0.3) is 22.4 Å². The summed E-state index contributed by atoms with van der Waals surface area (Å²) in [7, 11) is 0. The number of carboxylic acid groups (broad SMARTS) is 1. The summed E-state index contributed by atoms with van der Waals surface area (Å²) in [6, 6.07) is 15.6. The molecule has 1 saturated carbocycles. The molecule has 0 unspecified atom stereocenters. The SMILES string of the molecule is CCCOC(=O)N(CC)c1c(-c2ccc(-c3ccc(C4(C(=O)O)CC4)cc3)cc2)noc1C. The van der Waals surface area contributed by atoms with Gasteiger partial charge >= 0.3 is 12.1 Å². The molecule has 1 aliphatic rings. The second kappa shape index (κ2) is 9.10. The van der Waals surface area contributed by atoms with Crippen molar-refractivity contribution in [3.63, 3.8) is 0 Å². The maximum atomic E-state index is 12.5. The van der Waals surface area contributed by atoms with E-state index >= 15 is 0 Å². The van der Waals surface area contributed by atoms with Gasteiger partial charge in [-0.15, -0.1) is 0 Å². The molecule has 0 bridgehead atoms. The first kappa shape index (κ1) is 22.6. The Morgan fingerprint density at radius 3 is 2.12 bits per heavy atom.